The normalized spacial score (nSPS) is 11.5. The Kier molecular flexibility index (Phi) is 4.18. The van der Waals surface area contributed by atoms with Crippen LogP contribution in [0.25, 0.3) is 0 Å². The van der Waals surface area contributed by atoms with E-state index in [2.05, 4.69) is 0 Å². The molecule has 1 aromatic carbocycles. The molecule has 6 heteroatoms. The zero-order chi connectivity index (χ0) is 14.0. The summed E-state index contributed by atoms with van der Waals surface area (Å²) in [6.07, 6.45) is 0. The molecule has 0 saturated heterocycles. The average molecular weight is 316 g/mol. The van der Waals surface area contributed by atoms with Crippen LogP contribution in [0.15, 0.2) is 40.6 Å². The molecule has 0 fully saturated rings. The Bertz CT molecular complexity index is 662. The van der Waals surface area contributed by atoms with Crippen molar-refractivity contribution >= 4 is 38.6 Å². The van der Waals surface area contributed by atoms with Crippen LogP contribution in [0.2, 0.25) is 0 Å². The summed E-state index contributed by atoms with van der Waals surface area (Å²) in [5.41, 5.74) is 1.73. The molecule has 0 atom stereocenters. The summed E-state index contributed by atoms with van der Waals surface area (Å²) in [6, 6.07) is 8.99. The summed E-state index contributed by atoms with van der Waals surface area (Å²) in [6.45, 7) is 1.96. The van der Waals surface area contributed by atoms with E-state index in [0.717, 1.165) is 10.4 Å². The van der Waals surface area contributed by atoms with Crippen LogP contribution in [0.3, 0.4) is 0 Å². The number of alkyl halides is 1. The predicted molar refractivity (Wildman–Crippen MR) is 80.6 cm³/mol. The molecule has 0 unspecified atom stereocenters. The number of benzene rings is 1. The van der Waals surface area contributed by atoms with Gasteiger partial charge in [0.15, 0.2) is 0 Å². The van der Waals surface area contributed by atoms with E-state index in [9.17, 15) is 8.42 Å². The molecule has 19 heavy (non-hydrogen) atoms. The number of rotatable bonds is 4. The van der Waals surface area contributed by atoms with Gasteiger partial charge in [-0.3, -0.25) is 4.31 Å². The number of nitrogens with zero attached hydrogens (tertiary/aromatic N) is 1. The fraction of sp³-hybridized carbons (Fsp3) is 0.231. The van der Waals surface area contributed by atoms with Crippen LogP contribution in [0.1, 0.15) is 10.4 Å². The summed E-state index contributed by atoms with van der Waals surface area (Å²) in [5, 5.41) is 1.62. The molecule has 0 aliphatic heterocycles. The van der Waals surface area contributed by atoms with E-state index in [4.69, 9.17) is 11.6 Å². The average Bonchev–Trinajstić information content (AvgIpc) is 2.88. The van der Waals surface area contributed by atoms with E-state index >= 15 is 0 Å². The van der Waals surface area contributed by atoms with Crippen molar-refractivity contribution in [3.8, 4) is 0 Å². The molecule has 0 bridgehead atoms. The summed E-state index contributed by atoms with van der Waals surface area (Å²) >= 11 is 7.06. The van der Waals surface area contributed by atoms with Crippen molar-refractivity contribution in [2.75, 3.05) is 11.4 Å². The van der Waals surface area contributed by atoms with Gasteiger partial charge < -0.3 is 0 Å². The molecule has 1 heterocycles. The van der Waals surface area contributed by atoms with Gasteiger partial charge in [0.25, 0.3) is 10.0 Å². The smallest absolute Gasteiger partial charge is 0.264 e. The highest BCUT2D eigenvalue weighted by atomic mass is 35.5. The first-order valence-corrected chi connectivity index (χ1v) is 8.49. The Labute approximate surface area is 122 Å². The van der Waals surface area contributed by atoms with Gasteiger partial charge in [-0.05, 0) is 25.1 Å². The second kappa shape index (κ2) is 5.53. The number of hydrogen-bond donors (Lipinski definition) is 0. The van der Waals surface area contributed by atoms with Gasteiger partial charge in [0, 0.05) is 17.3 Å². The van der Waals surface area contributed by atoms with Crippen LogP contribution in [0.4, 0.5) is 5.69 Å². The highest BCUT2D eigenvalue weighted by molar-refractivity contribution is 7.93. The van der Waals surface area contributed by atoms with Crippen LogP contribution >= 0.6 is 22.9 Å². The third-order valence-electron chi connectivity index (χ3n) is 2.82. The summed E-state index contributed by atoms with van der Waals surface area (Å²) < 4.78 is 26.2. The zero-order valence-electron chi connectivity index (χ0n) is 10.6. The zero-order valence-corrected chi connectivity index (χ0v) is 13.0. The van der Waals surface area contributed by atoms with Crippen molar-refractivity contribution in [3.05, 3.63) is 46.2 Å². The lowest BCUT2D eigenvalue weighted by atomic mass is 10.2. The fourth-order valence-corrected chi connectivity index (χ4v) is 4.19. The molecule has 102 valence electrons. The standard InChI is InChI=1S/C13H14ClNO2S2/c1-10-3-5-11(6-4-10)15(2)19(16,17)13-7-12(8-14)18-9-13/h3-7,9H,8H2,1-2H3. The maximum atomic E-state index is 12.4. The molecule has 0 spiro atoms. The van der Waals surface area contributed by atoms with E-state index in [1.807, 2.05) is 19.1 Å². The molecule has 0 aliphatic carbocycles. The van der Waals surface area contributed by atoms with Gasteiger partial charge in [-0.25, -0.2) is 8.42 Å². The third-order valence-corrected chi connectivity index (χ3v) is 6.11. The van der Waals surface area contributed by atoms with Crippen LogP contribution in [0.5, 0.6) is 0 Å². The number of hydrogen-bond acceptors (Lipinski definition) is 3. The largest absolute Gasteiger partial charge is 0.269 e. The fourth-order valence-electron chi connectivity index (χ4n) is 1.62. The van der Waals surface area contributed by atoms with Crippen molar-refractivity contribution in [1.29, 1.82) is 0 Å². The van der Waals surface area contributed by atoms with Crippen molar-refractivity contribution < 1.29 is 8.42 Å². The maximum absolute atomic E-state index is 12.4. The molecule has 0 saturated carbocycles. The lowest BCUT2D eigenvalue weighted by molar-refractivity contribution is 0.594. The molecular formula is C13H14ClNO2S2. The Balaban J connectivity index is 2.36. The number of sulfonamides is 1. The highest BCUT2D eigenvalue weighted by Gasteiger charge is 2.22. The first-order chi connectivity index (χ1) is 8.95. The van der Waals surface area contributed by atoms with Crippen molar-refractivity contribution in [2.24, 2.45) is 0 Å². The second-order valence-electron chi connectivity index (χ2n) is 4.19. The minimum absolute atomic E-state index is 0.288. The number of aryl methyl sites for hydroxylation is 1. The van der Waals surface area contributed by atoms with Gasteiger partial charge in [0.1, 0.15) is 0 Å². The van der Waals surface area contributed by atoms with Crippen LogP contribution in [0, 0.1) is 6.92 Å². The Morgan fingerprint density at radius 2 is 1.89 bits per heavy atom. The molecule has 2 rings (SSSR count). The quantitative estimate of drug-likeness (QED) is 0.808. The number of anilines is 1. The monoisotopic (exact) mass is 315 g/mol. The Morgan fingerprint density at radius 3 is 2.42 bits per heavy atom. The Hall–Kier alpha value is -1.04. The highest BCUT2D eigenvalue weighted by Crippen LogP contribution is 2.26. The van der Waals surface area contributed by atoms with Gasteiger partial charge >= 0.3 is 0 Å². The van der Waals surface area contributed by atoms with Crippen molar-refractivity contribution in [2.45, 2.75) is 17.7 Å². The van der Waals surface area contributed by atoms with E-state index in [1.165, 1.54) is 15.6 Å². The number of halogens is 1. The van der Waals surface area contributed by atoms with Crippen molar-refractivity contribution in [1.82, 2.24) is 0 Å². The van der Waals surface area contributed by atoms with Gasteiger partial charge in [-0.1, -0.05) is 17.7 Å². The second-order valence-corrected chi connectivity index (χ2v) is 7.42. The van der Waals surface area contributed by atoms with E-state index in [0.29, 0.717) is 11.6 Å². The molecule has 0 aliphatic rings. The summed E-state index contributed by atoms with van der Waals surface area (Å²) in [5.74, 6) is 0.328. The van der Waals surface area contributed by atoms with Gasteiger partial charge in [-0.2, -0.15) is 0 Å². The van der Waals surface area contributed by atoms with Crippen LogP contribution < -0.4 is 4.31 Å². The summed E-state index contributed by atoms with van der Waals surface area (Å²) in [4.78, 5) is 1.13. The molecule has 1 aromatic heterocycles. The SMILES string of the molecule is Cc1ccc(N(C)S(=O)(=O)c2csc(CCl)c2)cc1. The van der Waals surface area contributed by atoms with Gasteiger partial charge in [-0.15, -0.1) is 22.9 Å². The molecule has 0 amide bonds. The van der Waals surface area contributed by atoms with E-state index in [-0.39, 0.29) is 4.90 Å². The number of thiophene rings is 1. The van der Waals surface area contributed by atoms with Gasteiger partial charge in [0.2, 0.25) is 0 Å². The topological polar surface area (TPSA) is 37.4 Å². The maximum Gasteiger partial charge on any atom is 0.264 e. The lowest BCUT2D eigenvalue weighted by Gasteiger charge is -2.18. The predicted octanol–water partition coefficient (Wildman–Crippen LogP) is 3.62. The van der Waals surface area contributed by atoms with E-state index in [1.54, 1.807) is 30.6 Å². The third kappa shape index (κ3) is 2.94. The van der Waals surface area contributed by atoms with Crippen molar-refractivity contribution in [3.63, 3.8) is 0 Å². The minimum Gasteiger partial charge on any atom is -0.269 e. The molecular weight excluding hydrogens is 302 g/mol. The van der Waals surface area contributed by atoms with Crippen LogP contribution in [-0.2, 0) is 15.9 Å². The minimum atomic E-state index is -3.51. The molecule has 0 N–H and O–H groups in total. The Morgan fingerprint density at radius 1 is 1.26 bits per heavy atom. The first kappa shape index (κ1) is 14.4. The molecule has 0 radical (unpaired) electrons. The van der Waals surface area contributed by atoms with Gasteiger partial charge in [0.05, 0.1) is 16.5 Å². The molecule has 3 nitrogen and oxygen atoms in total. The summed E-state index contributed by atoms with van der Waals surface area (Å²) in [7, 11) is -1.96. The first-order valence-electron chi connectivity index (χ1n) is 5.64. The molecule has 2 aromatic rings. The van der Waals surface area contributed by atoms with E-state index < -0.39 is 10.0 Å². The lowest BCUT2D eigenvalue weighted by Crippen LogP contribution is -2.26. The van der Waals surface area contributed by atoms with Crippen LogP contribution in [-0.4, -0.2) is 15.5 Å².